The molecule has 0 bridgehead atoms. The Labute approximate surface area is 120 Å². The molecule has 0 amide bonds. The number of rotatable bonds is 8. The highest BCUT2D eigenvalue weighted by Crippen LogP contribution is 2.33. The molecule has 0 spiro atoms. The minimum absolute atomic E-state index is 0.284. The zero-order chi connectivity index (χ0) is 16.1. The molecule has 0 fully saturated rings. The fourth-order valence-corrected chi connectivity index (χ4v) is 2.24. The van der Waals surface area contributed by atoms with Crippen molar-refractivity contribution >= 4 is 9.32 Å². The molecule has 120 valence electrons. The van der Waals surface area contributed by atoms with Crippen LogP contribution in [0.2, 0.25) is 0 Å². The number of ether oxygens (including phenoxy) is 2. The first-order chi connectivity index (χ1) is 9.55. The highest BCUT2D eigenvalue weighted by molar-refractivity contribution is 6.51. The molecule has 1 rings (SSSR count). The van der Waals surface area contributed by atoms with Crippen molar-refractivity contribution in [1.82, 2.24) is 0 Å². The van der Waals surface area contributed by atoms with Crippen LogP contribution in [0.3, 0.4) is 0 Å². The van der Waals surface area contributed by atoms with Gasteiger partial charge in [-0.3, -0.25) is 9.16 Å². The van der Waals surface area contributed by atoms with Gasteiger partial charge in [0.1, 0.15) is 0 Å². The van der Waals surface area contributed by atoms with Gasteiger partial charge in [0.2, 0.25) is 0 Å². The summed E-state index contributed by atoms with van der Waals surface area (Å²) in [6.07, 6.45) is -4.46. The van der Waals surface area contributed by atoms with Crippen LogP contribution in [0.15, 0.2) is 30.3 Å². The Balaban J connectivity index is 3.10. The number of hydrogen-bond donors (Lipinski definition) is 0. The van der Waals surface area contributed by atoms with E-state index in [2.05, 4.69) is 9.16 Å². The number of halogens is 5. The minimum Gasteiger partial charge on any atom is -0.328 e. The standard InChI is InChI=1S/C12H15F5O3Si/c1-3-18-12(19-11(2,13)14,20-21(15,16)17)9-10-7-5-4-6-8-10/h4-8H,3,9H2,1-2H3. The molecule has 1 aromatic carbocycles. The SMILES string of the molecule is CCOC(Cc1ccccc1)(OC(C)(F)F)O[Si](F)(F)F. The molecule has 0 aromatic heterocycles. The van der Waals surface area contributed by atoms with Crippen molar-refractivity contribution in [3.8, 4) is 0 Å². The summed E-state index contributed by atoms with van der Waals surface area (Å²) in [6, 6.07) is 7.68. The van der Waals surface area contributed by atoms with Crippen LogP contribution in [0.1, 0.15) is 19.4 Å². The predicted octanol–water partition coefficient (Wildman–Crippen LogP) is 3.91. The Hall–Kier alpha value is -1.03. The zero-order valence-corrected chi connectivity index (χ0v) is 12.4. The monoisotopic (exact) mass is 330 g/mol. The molecule has 0 heterocycles. The van der Waals surface area contributed by atoms with Gasteiger partial charge in [0, 0.05) is 13.5 Å². The van der Waals surface area contributed by atoms with Gasteiger partial charge < -0.3 is 4.74 Å². The third kappa shape index (κ3) is 6.98. The average Bonchev–Trinajstić information content (AvgIpc) is 2.25. The summed E-state index contributed by atoms with van der Waals surface area (Å²) in [5, 5.41) is 0. The molecule has 1 unspecified atom stereocenters. The van der Waals surface area contributed by atoms with Gasteiger partial charge in [0.05, 0.1) is 6.42 Å². The van der Waals surface area contributed by atoms with E-state index < -0.39 is 27.8 Å². The van der Waals surface area contributed by atoms with Crippen molar-refractivity contribution in [1.29, 1.82) is 0 Å². The van der Waals surface area contributed by atoms with Crippen LogP contribution in [0.5, 0.6) is 0 Å². The lowest BCUT2D eigenvalue weighted by molar-refractivity contribution is -0.433. The van der Waals surface area contributed by atoms with E-state index in [1.54, 1.807) is 18.2 Å². The third-order valence-electron chi connectivity index (χ3n) is 2.23. The Morgan fingerprint density at radius 3 is 2.10 bits per heavy atom. The first-order valence-electron chi connectivity index (χ1n) is 6.08. The summed E-state index contributed by atoms with van der Waals surface area (Å²) in [5.41, 5.74) is 0.313. The van der Waals surface area contributed by atoms with Crippen LogP contribution in [0.4, 0.5) is 21.1 Å². The minimum atomic E-state index is -6.67. The second kappa shape index (κ2) is 6.82. The van der Waals surface area contributed by atoms with Crippen LogP contribution < -0.4 is 0 Å². The Bertz CT molecular complexity index is 417. The summed E-state index contributed by atoms with van der Waals surface area (Å²) in [4.78, 5) is 0. The van der Waals surface area contributed by atoms with Crippen LogP contribution >= 0.6 is 0 Å². The van der Waals surface area contributed by atoms with Crippen molar-refractivity contribution in [2.75, 3.05) is 6.61 Å². The molecule has 1 atom stereocenters. The van der Waals surface area contributed by atoms with E-state index in [0.717, 1.165) is 0 Å². The van der Waals surface area contributed by atoms with Gasteiger partial charge in [-0.2, -0.15) is 8.78 Å². The van der Waals surface area contributed by atoms with E-state index in [1.807, 2.05) is 0 Å². The Kier molecular flexibility index (Phi) is 5.85. The van der Waals surface area contributed by atoms with Crippen molar-refractivity contribution in [3.05, 3.63) is 35.9 Å². The average molecular weight is 330 g/mol. The quantitative estimate of drug-likeness (QED) is 0.313. The normalized spacial score (nSPS) is 15.8. The molecule has 0 N–H and O–H groups in total. The second-order valence-electron chi connectivity index (χ2n) is 4.24. The van der Waals surface area contributed by atoms with E-state index >= 15 is 0 Å². The lowest BCUT2D eigenvalue weighted by atomic mass is 10.1. The molecule has 0 aliphatic rings. The number of hydrogen-bond acceptors (Lipinski definition) is 3. The van der Waals surface area contributed by atoms with Gasteiger partial charge in [0.25, 0.3) is 5.97 Å². The van der Waals surface area contributed by atoms with E-state index in [1.165, 1.54) is 19.1 Å². The molecule has 0 saturated carbocycles. The molecule has 0 aliphatic carbocycles. The van der Waals surface area contributed by atoms with Gasteiger partial charge in [-0.1, -0.05) is 30.3 Å². The largest absolute Gasteiger partial charge is 0.806 e. The fourth-order valence-electron chi connectivity index (χ4n) is 1.72. The van der Waals surface area contributed by atoms with E-state index in [4.69, 9.17) is 4.74 Å². The van der Waals surface area contributed by atoms with Crippen LogP contribution in [0.25, 0.3) is 0 Å². The van der Waals surface area contributed by atoms with E-state index in [9.17, 15) is 21.1 Å². The zero-order valence-electron chi connectivity index (χ0n) is 11.4. The Morgan fingerprint density at radius 1 is 1.10 bits per heavy atom. The maximum Gasteiger partial charge on any atom is 0.806 e. The van der Waals surface area contributed by atoms with Crippen molar-refractivity contribution in [2.24, 2.45) is 0 Å². The van der Waals surface area contributed by atoms with Gasteiger partial charge in [-0.15, -0.1) is 0 Å². The second-order valence-corrected chi connectivity index (χ2v) is 5.33. The topological polar surface area (TPSA) is 27.7 Å². The smallest absolute Gasteiger partial charge is 0.328 e. The summed E-state index contributed by atoms with van der Waals surface area (Å²) < 4.78 is 77.0. The number of alkyl halides is 2. The molecule has 0 radical (unpaired) electrons. The molecular formula is C12H15F5O3Si. The molecule has 0 saturated heterocycles. The van der Waals surface area contributed by atoms with Crippen molar-refractivity contribution in [3.63, 3.8) is 0 Å². The highest BCUT2D eigenvalue weighted by Gasteiger charge is 2.55. The van der Waals surface area contributed by atoms with Crippen LogP contribution in [-0.2, 0) is 20.3 Å². The molecule has 21 heavy (non-hydrogen) atoms. The summed E-state index contributed by atoms with van der Waals surface area (Å²) in [6.45, 7) is 1.40. The predicted molar refractivity (Wildman–Crippen MR) is 66.4 cm³/mol. The molecule has 9 heteroatoms. The maximum atomic E-state index is 13.1. The van der Waals surface area contributed by atoms with Gasteiger partial charge in [0.15, 0.2) is 0 Å². The first-order valence-corrected chi connectivity index (χ1v) is 7.62. The van der Waals surface area contributed by atoms with Gasteiger partial charge >= 0.3 is 15.4 Å². The molecular weight excluding hydrogens is 315 g/mol. The Morgan fingerprint density at radius 2 is 1.67 bits per heavy atom. The lowest BCUT2D eigenvalue weighted by Crippen LogP contribution is -2.50. The molecule has 0 aliphatic heterocycles. The number of benzene rings is 1. The maximum absolute atomic E-state index is 13.1. The third-order valence-corrected chi connectivity index (χ3v) is 2.78. The molecule has 3 nitrogen and oxygen atoms in total. The first kappa shape index (κ1) is 18.0. The summed E-state index contributed by atoms with van der Waals surface area (Å²) in [7, 11) is -6.67. The van der Waals surface area contributed by atoms with Gasteiger partial charge in [-0.05, 0) is 12.5 Å². The highest BCUT2D eigenvalue weighted by atomic mass is 28.5. The van der Waals surface area contributed by atoms with Crippen LogP contribution in [-0.4, -0.2) is 28.0 Å². The lowest BCUT2D eigenvalue weighted by Gasteiger charge is -2.35. The van der Waals surface area contributed by atoms with Gasteiger partial charge in [-0.25, -0.2) is 12.3 Å². The fraction of sp³-hybridized carbons (Fsp3) is 0.500. The van der Waals surface area contributed by atoms with Crippen molar-refractivity contribution < 1.29 is 35.0 Å². The van der Waals surface area contributed by atoms with E-state index in [-0.39, 0.29) is 6.61 Å². The van der Waals surface area contributed by atoms with E-state index in [0.29, 0.717) is 12.5 Å². The summed E-state index contributed by atoms with van der Waals surface area (Å²) >= 11 is 0. The van der Waals surface area contributed by atoms with Crippen molar-refractivity contribution in [2.45, 2.75) is 32.4 Å². The van der Waals surface area contributed by atoms with Crippen LogP contribution in [0, 0.1) is 0 Å². The summed E-state index contributed by atoms with van der Waals surface area (Å²) in [5.74, 6) is -2.89. The molecule has 1 aromatic rings.